The molecule has 0 atom stereocenters. The molecule has 0 aliphatic heterocycles. The Hall–Kier alpha value is -0.990. The predicted octanol–water partition coefficient (Wildman–Crippen LogP) is 1.49. The minimum atomic E-state index is 0.412. The number of nitrogens with zero attached hydrogens (tertiary/aromatic N) is 1. The summed E-state index contributed by atoms with van der Waals surface area (Å²) in [6.45, 7) is 4.10. The van der Waals surface area contributed by atoms with Crippen LogP contribution < -0.4 is 5.32 Å². The fraction of sp³-hybridized carbons (Fsp3) is 0.500. The van der Waals surface area contributed by atoms with Crippen LogP contribution in [0.15, 0.2) is 17.1 Å². The summed E-state index contributed by atoms with van der Waals surface area (Å²) < 4.78 is 4.74. The van der Waals surface area contributed by atoms with E-state index in [0.29, 0.717) is 6.04 Å². The molecule has 3 heteroatoms. The smallest absolute Gasteiger partial charge is 0.182 e. The molecule has 0 aliphatic carbocycles. The number of anilines is 1. The first-order chi connectivity index (χ1) is 4.29. The maximum atomic E-state index is 4.74. The lowest BCUT2D eigenvalue weighted by molar-refractivity contribution is 0.558. The molecule has 3 nitrogen and oxygen atoms in total. The topological polar surface area (TPSA) is 38.1 Å². The zero-order valence-electron chi connectivity index (χ0n) is 5.59. The van der Waals surface area contributed by atoms with Crippen molar-refractivity contribution in [2.75, 3.05) is 5.32 Å². The molecule has 0 aromatic carbocycles. The van der Waals surface area contributed by atoms with Gasteiger partial charge >= 0.3 is 0 Å². The number of hydrogen-bond acceptors (Lipinski definition) is 3. The highest BCUT2D eigenvalue weighted by molar-refractivity contribution is 5.29. The third-order valence-electron chi connectivity index (χ3n) is 0.869. The largest absolute Gasteiger partial charge is 0.449 e. The minimum Gasteiger partial charge on any atom is -0.449 e. The Morgan fingerprint density at radius 2 is 2.44 bits per heavy atom. The van der Waals surface area contributed by atoms with E-state index in [-0.39, 0.29) is 0 Å². The van der Waals surface area contributed by atoms with E-state index in [2.05, 4.69) is 24.1 Å². The molecule has 0 amide bonds. The van der Waals surface area contributed by atoms with Gasteiger partial charge in [0.05, 0.1) is 0 Å². The van der Waals surface area contributed by atoms with Crippen LogP contribution in [0.5, 0.6) is 0 Å². The standard InChI is InChI=1S/C6H10N2O/c1-5(2)8-6-3-9-4-7-6/h3-5,8H,1-2H3. The molecule has 0 saturated heterocycles. The van der Waals surface area contributed by atoms with E-state index in [1.54, 1.807) is 6.26 Å². The third kappa shape index (κ3) is 1.76. The van der Waals surface area contributed by atoms with Crippen molar-refractivity contribution in [1.29, 1.82) is 0 Å². The average Bonchev–Trinajstić information content (AvgIpc) is 2.15. The molecule has 1 aromatic rings. The fourth-order valence-corrected chi connectivity index (χ4v) is 0.580. The Labute approximate surface area is 54.1 Å². The van der Waals surface area contributed by atoms with Gasteiger partial charge in [-0.2, -0.15) is 4.98 Å². The minimum absolute atomic E-state index is 0.412. The highest BCUT2D eigenvalue weighted by atomic mass is 16.3. The van der Waals surface area contributed by atoms with Gasteiger partial charge in [0.2, 0.25) is 0 Å². The van der Waals surface area contributed by atoms with Crippen LogP contribution in [0.4, 0.5) is 5.82 Å². The van der Waals surface area contributed by atoms with Gasteiger partial charge in [-0.25, -0.2) is 0 Å². The highest BCUT2D eigenvalue weighted by Gasteiger charge is 1.94. The van der Waals surface area contributed by atoms with Gasteiger partial charge in [0.15, 0.2) is 12.2 Å². The lowest BCUT2D eigenvalue weighted by Crippen LogP contribution is -2.09. The molecule has 0 bridgehead atoms. The van der Waals surface area contributed by atoms with Gasteiger partial charge in [-0.15, -0.1) is 0 Å². The Morgan fingerprint density at radius 3 is 2.89 bits per heavy atom. The molecule has 50 valence electrons. The first-order valence-corrected chi connectivity index (χ1v) is 2.94. The monoisotopic (exact) mass is 126 g/mol. The van der Waals surface area contributed by atoms with Crippen LogP contribution in [0.1, 0.15) is 13.8 Å². The van der Waals surface area contributed by atoms with Crippen LogP contribution in [0.2, 0.25) is 0 Å². The van der Waals surface area contributed by atoms with Crippen LogP contribution in [-0.4, -0.2) is 11.0 Å². The summed E-state index contributed by atoms with van der Waals surface area (Å²) in [5.74, 6) is 0.796. The Morgan fingerprint density at radius 1 is 1.67 bits per heavy atom. The lowest BCUT2D eigenvalue weighted by atomic mass is 10.4. The van der Waals surface area contributed by atoms with Crippen LogP contribution in [0.3, 0.4) is 0 Å². The first kappa shape index (κ1) is 6.13. The molecule has 0 aliphatic rings. The summed E-state index contributed by atoms with van der Waals surface area (Å²) in [6, 6.07) is 0.412. The Balaban J connectivity index is 2.48. The number of rotatable bonds is 2. The van der Waals surface area contributed by atoms with Gasteiger partial charge in [0, 0.05) is 6.04 Å². The van der Waals surface area contributed by atoms with Crippen molar-refractivity contribution in [3.63, 3.8) is 0 Å². The maximum Gasteiger partial charge on any atom is 0.182 e. The van der Waals surface area contributed by atoms with Crippen molar-refractivity contribution in [2.45, 2.75) is 19.9 Å². The van der Waals surface area contributed by atoms with Gasteiger partial charge in [0.25, 0.3) is 0 Å². The zero-order valence-corrected chi connectivity index (χ0v) is 5.59. The molecule has 0 saturated carbocycles. The number of hydrogen-bond donors (Lipinski definition) is 1. The molecule has 0 spiro atoms. The van der Waals surface area contributed by atoms with Crippen LogP contribution >= 0.6 is 0 Å². The van der Waals surface area contributed by atoms with Crippen LogP contribution in [0, 0.1) is 0 Å². The summed E-state index contributed by atoms with van der Waals surface area (Å²) in [5, 5.41) is 3.08. The van der Waals surface area contributed by atoms with Gasteiger partial charge < -0.3 is 9.73 Å². The van der Waals surface area contributed by atoms with E-state index in [4.69, 9.17) is 4.42 Å². The second kappa shape index (κ2) is 2.53. The molecule has 0 unspecified atom stereocenters. The molecule has 1 aromatic heterocycles. The zero-order chi connectivity index (χ0) is 6.69. The summed E-state index contributed by atoms with van der Waals surface area (Å²) >= 11 is 0. The fourth-order valence-electron chi connectivity index (χ4n) is 0.580. The van der Waals surface area contributed by atoms with Crippen molar-refractivity contribution < 1.29 is 4.42 Å². The SMILES string of the molecule is CC(C)Nc1cocn1. The molecular weight excluding hydrogens is 116 g/mol. The molecule has 1 N–H and O–H groups in total. The van der Waals surface area contributed by atoms with Gasteiger partial charge in [-0.05, 0) is 13.8 Å². The first-order valence-electron chi connectivity index (χ1n) is 2.94. The van der Waals surface area contributed by atoms with Crippen molar-refractivity contribution in [3.05, 3.63) is 12.7 Å². The number of aromatic nitrogens is 1. The molecule has 0 fully saturated rings. The van der Waals surface area contributed by atoms with Crippen molar-refractivity contribution in [3.8, 4) is 0 Å². The number of nitrogens with one attached hydrogen (secondary N) is 1. The van der Waals surface area contributed by atoms with E-state index >= 15 is 0 Å². The van der Waals surface area contributed by atoms with Crippen molar-refractivity contribution >= 4 is 5.82 Å². The quantitative estimate of drug-likeness (QED) is 0.652. The van der Waals surface area contributed by atoms with Crippen LogP contribution in [0.25, 0.3) is 0 Å². The van der Waals surface area contributed by atoms with Gasteiger partial charge in [-0.3, -0.25) is 0 Å². The Bertz CT molecular complexity index is 158. The molecular formula is C6H10N2O. The second-order valence-electron chi connectivity index (χ2n) is 2.17. The highest BCUT2D eigenvalue weighted by Crippen LogP contribution is 2.01. The molecule has 9 heavy (non-hydrogen) atoms. The van der Waals surface area contributed by atoms with E-state index in [0.717, 1.165) is 5.82 Å². The summed E-state index contributed by atoms with van der Waals surface area (Å²) in [4.78, 5) is 3.88. The van der Waals surface area contributed by atoms with E-state index < -0.39 is 0 Å². The van der Waals surface area contributed by atoms with E-state index in [9.17, 15) is 0 Å². The summed E-state index contributed by atoms with van der Waals surface area (Å²) in [6.07, 6.45) is 2.99. The van der Waals surface area contributed by atoms with Crippen molar-refractivity contribution in [2.24, 2.45) is 0 Å². The van der Waals surface area contributed by atoms with Crippen molar-refractivity contribution in [1.82, 2.24) is 4.98 Å². The Kier molecular flexibility index (Phi) is 1.72. The normalized spacial score (nSPS) is 10.1. The summed E-state index contributed by atoms with van der Waals surface area (Å²) in [5.41, 5.74) is 0. The van der Waals surface area contributed by atoms with Gasteiger partial charge in [0.1, 0.15) is 6.26 Å². The van der Waals surface area contributed by atoms with E-state index in [1.165, 1.54) is 6.39 Å². The van der Waals surface area contributed by atoms with Gasteiger partial charge in [-0.1, -0.05) is 0 Å². The predicted molar refractivity (Wildman–Crippen MR) is 35.3 cm³/mol. The maximum absolute atomic E-state index is 4.74. The molecule has 0 radical (unpaired) electrons. The third-order valence-corrected chi connectivity index (χ3v) is 0.869. The lowest BCUT2D eigenvalue weighted by Gasteiger charge is -2.03. The van der Waals surface area contributed by atoms with Crippen LogP contribution in [-0.2, 0) is 0 Å². The second-order valence-corrected chi connectivity index (χ2v) is 2.17. The molecule has 1 rings (SSSR count). The number of oxazole rings is 1. The van der Waals surface area contributed by atoms with E-state index in [1.807, 2.05) is 0 Å². The summed E-state index contributed by atoms with van der Waals surface area (Å²) in [7, 11) is 0. The average molecular weight is 126 g/mol. The molecule has 1 heterocycles.